The molecule has 2 heterocycles. The molecule has 0 atom stereocenters. The second kappa shape index (κ2) is 9.23. The van der Waals surface area contributed by atoms with Crippen LogP contribution in [0, 0.1) is 6.92 Å². The van der Waals surface area contributed by atoms with Crippen molar-refractivity contribution in [3.63, 3.8) is 0 Å². The van der Waals surface area contributed by atoms with Gasteiger partial charge < -0.3 is 19.7 Å². The molecule has 1 aliphatic heterocycles. The fourth-order valence-corrected chi connectivity index (χ4v) is 3.08. The summed E-state index contributed by atoms with van der Waals surface area (Å²) >= 11 is 1.67. The van der Waals surface area contributed by atoms with Crippen molar-refractivity contribution in [2.75, 3.05) is 20.4 Å². The van der Waals surface area contributed by atoms with Gasteiger partial charge >= 0.3 is 0 Å². The van der Waals surface area contributed by atoms with E-state index in [1.807, 2.05) is 32.2 Å². The summed E-state index contributed by atoms with van der Waals surface area (Å²) in [5.74, 6) is 2.45. The maximum absolute atomic E-state index is 5.42. The van der Waals surface area contributed by atoms with E-state index in [0.717, 1.165) is 46.8 Å². The topological polar surface area (TPSA) is 59.0 Å². The van der Waals surface area contributed by atoms with Gasteiger partial charge in [0.05, 0.1) is 23.8 Å². The van der Waals surface area contributed by atoms with Crippen LogP contribution in [-0.4, -0.2) is 36.2 Å². The van der Waals surface area contributed by atoms with Gasteiger partial charge in [-0.25, -0.2) is 9.98 Å². The smallest absolute Gasteiger partial charge is 0.231 e. The minimum absolute atomic E-state index is 0. The first-order valence-corrected chi connectivity index (χ1v) is 8.82. The number of guanidine groups is 1. The number of nitrogens with zero attached hydrogens (tertiary/aromatic N) is 3. The molecule has 3 rings (SSSR count). The maximum atomic E-state index is 5.42. The number of rotatable bonds is 5. The highest BCUT2D eigenvalue weighted by Gasteiger charge is 2.13. The molecule has 1 aromatic heterocycles. The third-order valence-corrected chi connectivity index (χ3v) is 4.43. The number of hydrogen-bond donors (Lipinski definition) is 1. The van der Waals surface area contributed by atoms with Gasteiger partial charge in [-0.1, -0.05) is 6.07 Å². The van der Waals surface area contributed by atoms with Gasteiger partial charge in [-0.15, -0.1) is 35.3 Å². The first kappa shape index (κ1) is 19.8. The molecule has 0 spiro atoms. The van der Waals surface area contributed by atoms with Crippen LogP contribution in [0.5, 0.6) is 11.5 Å². The van der Waals surface area contributed by atoms with E-state index >= 15 is 0 Å². The largest absolute Gasteiger partial charge is 0.454 e. The Kier molecular flexibility index (Phi) is 7.30. The van der Waals surface area contributed by atoms with E-state index < -0.39 is 0 Å². The molecule has 6 nitrogen and oxygen atoms in total. The second-order valence-electron chi connectivity index (χ2n) is 5.57. The lowest BCUT2D eigenvalue weighted by Gasteiger charge is -2.21. The molecule has 2 aromatic rings. The van der Waals surface area contributed by atoms with Crippen LogP contribution in [0.15, 0.2) is 28.6 Å². The number of fused-ring (bicyclic) bond motifs is 1. The second-order valence-corrected chi connectivity index (χ2v) is 6.63. The molecule has 1 aromatic carbocycles. The zero-order valence-electron chi connectivity index (χ0n) is 14.6. The molecule has 0 amide bonds. The van der Waals surface area contributed by atoms with Crippen LogP contribution in [0.4, 0.5) is 0 Å². The highest BCUT2D eigenvalue weighted by molar-refractivity contribution is 14.0. The van der Waals surface area contributed by atoms with Crippen LogP contribution in [-0.2, 0) is 13.1 Å². The van der Waals surface area contributed by atoms with Gasteiger partial charge in [-0.2, -0.15) is 0 Å². The van der Waals surface area contributed by atoms with Crippen molar-refractivity contribution >= 4 is 41.3 Å². The monoisotopic (exact) mass is 474 g/mol. The van der Waals surface area contributed by atoms with E-state index in [1.165, 1.54) is 0 Å². The number of halogens is 1. The van der Waals surface area contributed by atoms with Gasteiger partial charge in [0.15, 0.2) is 17.5 Å². The van der Waals surface area contributed by atoms with E-state index in [9.17, 15) is 0 Å². The van der Waals surface area contributed by atoms with Crippen LogP contribution in [0.2, 0.25) is 0 Å². The van der Waals surface area contributed by atoms with E-state index in [4.69, 9.17) is 14.5 Å². The van der Waals surface area contributed by atoms with E-state index in [-0.39, 0.29) is 24.0 Å². The molecule has 25 heavy (non-hydrogen) atoms. The highest BCUT2D eigenvalue weighted by atomic mass is 127. The average Bonchev–Trinajstić information content (AvgIpc) is 3.19. The van der Waals surface area contributed by atoms with Crippen molar-refractivity contribution < 1.29 is 9.47 Å². The zero-order chi connectivity index (χ0) is 16.9. The SMILES string of the molecule is CCNC(=NCc1ccc2c(c1)OCO2)N(C)Cc1csc(C)n1.I. The molecule has 0 radical (unpaired) electrons. The fraction of sp³-hybridized carbons (Fsp3) is 0.412. The molecule has 0 unspecified atom stereocenters. The lowest BCUT2D eigenvalue weighted by atomic mass is 10.2. The lowest BCUT2D eigenvalue weighted by molar-refractivity contribution is 0.174. The summed E-state index contributed by atoms with van der Waals surface area (Å²) in [6.07, 6.45) is 0. The first-order valence-electron chi connectivity index (χ1n) is 7.94. The van der Waals surface area contributed by atoms with Crippen molar-refractivity contribution in [2.45, 2.75) is 26.9 Å². The summed E-state index contributed by atoms with van der Waals surface area (Å²) in [7, 11) is 2.02. The van der Waals surface area contributed by atoms with Gasteiger partial charge in [0.2, 0.25) is 6.79 Å². The molecule has 1 aliphatic rings. The maximum Gasteiger partial charge on any atom is 0.231 e. The number of aryl methyl sites for hydroxylation is 1. The van der Waals surface area contributed by atoms with Gasteiger partial charge in [0, 0.05) is 19.0 Å². The molecule has 0 bridgehead atoms. The van der Waals surface area contributed by atoms with E-state index in [2.05, 4.69) is 27.5 Å². The third-order valence-electron chi connectivity index (χ3n) is 3.61. The minimum atomic E-state index is 0. The lowest BCUT2D eigenvalue weighted by Crippen LogP contribution is -2.38. The molecular formula is C17H23IN4O2S. The predicted molar refractivity (Wildman–Crippen MR) is 111 cm³/mol. The predicted octanol–water partition coefficient (Wildman–Crippen LogP) is 3.40. The fourth-order valence-electron chi connectivity index (χ4n) is 2.47. The molecule has 0 aliphatic carbocycles. The molecule has 0 saturated heterocycles. The summed E-state index contributed by atoms with van der Waals surface area (Å²) in [4.78, 5) is 11.3. The van der Waals surface area contributed by atoms with Crippen LogP contribution in [0.3, 0.4) is 0 Å². The summed E-state index contributed by atoms with van der Waals surface area (Å²) in [6, 6.07) is 5.94. The summed E-state index contributed by atoms with van der Waals surface area (Å²) in [5.41, 5.74) is 2.15. The Morgan fingerprint density at radius 1 is 1.36 bits per heavy atom. The van der Waals surface area contributed by atoms with Crippen LogP contribution in [0.1, 0.15) is 23.2 Å². The summed E-state index contributed by atoms with van der Waals surface area (Å²) < 4.78 is 10.8. The van der Waals surface area contributed by atoms with Gasteiger partial charge in [-0.3, -0.25) is 0 Å². The zero-order valence-corrected chi connectivity index (χ0v) is 17.8. The Morgan fingerprint density at radius 3 is 2.88 bits per heavy atom. The standard InChI is InChI=1S/C17H22N4O2S.HI/c1-4-18-17(21(3)9-14-10-24-12(2)20-14)19-8-13-5-6-15-16(7-13)23-11-22-15;/h5-7,10H,4,8-9,11H2,1-3H3,(H,18,19);1H. The molecule has 8 heteroatoms. The van der Waals surface area contributed by atoms with Crippen molar-refractivity contribution in [3.05, 3.63) is 39.8 Å². The number of aromatic nitrogens is 1. The number of thiazole rings is 1. The Balaban J connectivity index is 0.00000225. The molecule has 0 fully saturated rings. The first-order chi connectivity index (χ1) is 11.7. The van der Waals surface area contributed by atoms with E-state index in [0.29, 0.717) is 13.3 Å². The number of ether oxygens (including phenoxy) is 2. The average molecular weight is 474 g/mol. The van der Waals surface area contributed by atoms with Crippen LogP contribution in [0.25, 0.3) is 0 Å². The van der Waals surface area contributed by atoms with Crippen molar-refractivity contribution in [2.24, 2.45) is 4.99 Å². The Bertz CT molecular complexity index is 735. The van der Waals surface area contributed by atoms with Crippen molar-refractivity contribution in [1.29, 1.82) is 0 Å². The molecule has 0 saturated carbocycles. The van der Waals surface area contributed by atoms with Crippen molar-refractivity contribution in [3.8, 4) is 11.5 Å². The quantitative estimate of drug-likeness (QED) is 0.409. The Labute approximate surface area is 169 Å². The summed E-state index contributed by atoms with van der Waals surface area (Å²) in [5, 5.41) is 6.50. The van der Waals surface area contributed by atoms with Crippen molar-refractivity contribution in [1.82, 2.24) is 15.2 Å². The Hall–Kier alpha value is -1.55. The van der Waals surface area contributed by atoms with Crippen LogP contribution >= 0.6 is 35.3 Å². The van der Waals surface area contributed by atoms with Gasteiger partial charge in [0.1, 0.15) is 0 Å². The van der Waals surface area contributed by atoms with E-state index in [1.54, 1.807) is 11.3 Å². The number of nitrogens with one attached hydrogen (secondary N) is 1. The summed E-state index contributed by atoms with van der Waals surface area (Å²) in [6.45, 7) is 6.52. The number of aliphatic imine (C=N–C) groups is 1. The minimum Gasteiger partial charge on any atom is -0.454 e. The number of benzene rings is 1. The highest BCUT2D eigenvalue weighted by Crippen LogP contribution is 2.32. The normalized spacial score (nSPS) is 12.7. The Morgan fingerprint density at radius 2 is 2.16 bits per heavy atom. The number of hydrogen-bond acceptors (Lipinski definition) is 5. The molecule has 1 N–H and O–H groups in total. The van der Waals surface area contributed by atoms with Gasteiger partial charge in [0.25, 0.3) is 0 Å². The third kappa shape index (κ3) is 5.21. The molecular weight excluding hydrogens is 451 g/mol. The molecule has 136 valence electrons. The van der Waals surface area contributed by atoms with Gasteiger partial charge in [-0.05, 0) is 31.5 Å². The van der Waals surface area contributed by atoms with Crippen LogP contribution < -0.4 is 14.8 Å².